The second-order valence-corrected chi connectivity index (χ2v) is 7.45. The summed E-state index contributed by atoms with van der Waals surface area (Å²) < 4.78 is 5.77. The lowest BCUT2D eigenvalue weighted by Crippen LogP contribution is -2.40. The lowest BCUT2D eigenvalue weighted by atomic mass is 9.77. The molecule has 0 fully saturated rings. The van der Waals surface area contributed by atoms with E-state index >= 15 is 0 Å². The van der Waals surface area contributed by atoms with E-state index in [-0.39, 0.29) is 29.6 Å². The molecule has 0 saturated carbocycles. The number of hydrogen-bond donors (Lipinski definition) is 1. The molecule has 1 heterocycles. The molecule has 2 aromatic rings. The Hall–Kier alpha value is -3.41. The number of carbonyl (C=O) groups excluding carboxylic acids is 2. The Morgan fingerprint density at radius 2 is 1.83 bits per heavy atom. The first-order valence-corrected chi connectivity index (χ1v) is 10.2. The van der Waals surface area contributed by atoms with Crippen molar-refractivity contribution in [2.24, 2.45) is 0 Å². The van der Waals surface area contributed by atoms with Crippen LogP contribution in [0, 0.1) is 0 Å². The maximum atomic E-state index is 13.3. The van der Waals surface area contributed by atoms with Crippen molar-refractivity contribution in [2.75, 3.05) is 11.5 Å². The van der Waals surface area contributed by atoms with Crippen LogP contribution < -0.4 is 9.64 Å². The highest BCUT2D eigenvalue weighted by molar-refractivity contribution is 6.07. The van der Waals surface area contributed by atoms with Gasteiger partial charge in [-0.1, -0.05) is 18.2 Å². The molecule has 1 amide bonds. The zero-order valence-corrected chi connectivity index (χ0v) is 16.8. The van der Waals surface area contributed by atoms with Crippen LogP contribution in [-0.4, -0.2) is 29.4 Å². The first kappa shape index (κ1) is 19.9. The summed E-state index contributed by atoms with van der Waals surface area (Å²) in [6.07, 6.45) is 1.94. The molecular weight excluding hydrogens is 382 g/mol. The van der Waals surface area contributed by atoms with Crippen LogP contribution in [0.4, 0.5) is 5.69 Å². The Balaban J connectivity index is 1.82. The molecule has 0 bridgehead atoms. The van der Waals surface area contributed by atoms with Crippen LogP contribution in [0.25, 0.3) is 0 Å². The number of carboxylic acid groups (broad SMARTS) is 1. The quantitative estimate of drug-likeness (QED) is 0.801. The Morgan fingerprint density at radius 1 is 1.10 bits per heavy atom. The molecule has 1 N–H and O–H groups in total. The summed E-state index contributed by atoms with van der Waals surface area (Å²) >= 11 is 0. The lowest BCUT2D eigenvalue weighted by molar-refractivity contribution is -0.119. The number of carboxylic acids is 1. The monoisotopic (exact) mass is 405 g/mol. The van der Waals surface area contributed by atoms with Crippen LogP contribution in [0.2, 0.25) is 0 Å². The Labute approximate surface area is 174 Å². The van der Waals surface area contributed by atoms with Crippen LogP contribution >= 0.6 is 0 Å². The van der Waals surface area contributed by atoms with Crippen molar-refractivity contribution in [3.8, 4) is 5.75 Å². The van der Waals surface area contributed by atoms with E-state index in [2.05, 4.69) is 0 Å². The summed E-state index contributed by atoms with van der Waals surface area (Å²) in [5.41, 5.74) is 3.00. The van der Waals surface area contributed by atoms with E-state index in [1.807, 2.05) is 31.2 Å². The maximum absolute atomic E-state index is 13.3. The van der Waals surface area contributed by atoms with Crippen LogP contribution in [0.15, 0.2) is 59.8 Å². The number of para-hydroxylation sites is 1. The van der Waals surface area contributed by atoms with Crippen molar-refractivity contribution in [1.82, 2.24) is 0 Å². The molecular formula is C24H23NO5. The molecule has 0 radical (unpaired) electrons. The fourth-order valence-electron chi connectivity index (χ4n) is 4.37. The SMILES string of the molecule is CCOc1ccccc1C1CC(=O)N(c2ccc(C(=O)O)cc2)C2=C1C(=O)CCC2. The average molecular weight is 405 g/mol. The first-order chi connectivity index (χ1) is 14.5. The van der Waals surface area contributed by atoms with Crippen molar-refractivity contribution in [1.29, 1.82) is 0 Å². The molecule has 2 aliphatic rings. The highest BCUT2D eigenvalue weighted by atomic mass is 16.5. The number of benzene rings is 2. The van der Waals surface area contributed by atoms with Crippen molar-refractivity contribution >= 4 is 23.3 Å². The Kier molecular flexibility index (Phi) is 5.40. The number of nitrogens with zero attached hydrogens (tertiary/aromatic N) is 1. The van der Waals surface area contributed by atoms with Crippen LogP contribution in [0.5, 0.6) is 5.75 Å². The van der Waals surface area contributed by atoms with Crippen LogP contribution in [0.3, 0.4) is 0 Å². The van der Waals surface area contributed by atoms with Crippen LogP contribution in [-0.2, 0) is 9.59 Å². The van der Waals surface area contributed by atoms with E-state index < -0.39 is 5.97 Å². The maximum Gasteiger partial charge on any atom is 0.335 e. The summed E-state index contributed by atoms with van der Waals surface area (Å²) in [4.78, 5) is 39.0. The number of hydrogen-bond acceptors (Lipinski definition) is 4. The van der Waals surface area contributed by atoms with Gasteiger partial charge < -0.3 is 9.84 Å². The minimum atomic E-state index is -1.02. The van der Waals surface area contributed by atoms with Gasteiger partial charge in [0, 0.05) is 41.3 Å². The smallest absolute Gasteiger partial charge is 0.335 e. The van der Waals surface area contributed by atoms with Gasteiger partial charge in [0.1, 0.15) is 5.75 Å². The van der Waals surface area contributed by atoms with Gasteiger partial charge in [0.2, 0.25) is 5.91 Å². The van der Waals surface area contributed by atoms with E-state index in [0.29, 0.717) is 42.9 Å². The van der Waals surface area contributed by atoms with Crippen molar-refractivity contribution in [3.05, 3.63) is 70.9 Å². The summed E-state index contributed by atoms with van der Waals surface area (Å²) in [7, 11) is 0. The summed E-state index contributed by atoms with van der Waals surface area (Å²) in [5, 5.41) is 9.14. The number of carbonyl (C=O) groups is 3. The normalized spacial score (nSPS) is 19.0. The summed E-state index contributed by atoms with van der Waals surface area (Å²) in [5.74, 6) is -0.707. The summed E-state index contributed by atoms with van der Waals surface area (Å²) in [6, 6.07) is 13.8. The van der Waals surface area contributed by atoms with Gasteiger partial charge in [-0.15, -0.1) is 0 Å². The number of aromatic carboxylic acids is 1. The fraction of sp³-hybridized carbons (Fsp3) is 0.292. The lowest BCUT2D eigenvalue weighted by Gasteiger charge is -2.38. The standard InChI is InChI=1S/C24H23NO5/c1-2-30-21-9-4-3-6-17(21)18-14-22(27)25(19-7-5-8-20(26)23(18)19)16-12-10-15(11-13-16)24(28)29/h3-4,6,9-13,18H,2,5,7-8,14H2,1H3,(H,28,29). The van der Waals surface area contributed by atoms with Crippen LogP contribution in [0.1, 0.15) is 54.4 Å². The largest absolute Gasteiger partial charge is 0.494 e. The summed E-state index contributed by atoms with van der Waals surface area (Å²) in [6.45, 7) is 2.40. The third kappa shape index (κ3) is 3.49. The highest BCUT2D eigenvalue weighted by Crippen LogP contribution is 2.45. The zero-order chi connectivity index (χ0) is 21.3. The molecule has 154 valence electrons. The number of rotatable bonds is 5. The van der Waals surface area contributed by atoms with E-state index in [9.17, 15) is 14.4 Å². The number of ether oxygens (including phenoxy) is 1. The van der Waals surface area contributed by atoms with E-state index in [1.54, 1.807) is 17.0 Å². The number of amides is 1. The third-order valence-electron chi connectivity index (χ3n) is 5.64. The predicted molar refractivity (Wildman–Crippen MR) is 112 cm³/mol. The van der Waals surface area contributed by atoms with Crippen molar-refractivity contribution in [2.45, 2.75) is 38.5 Å². The van der Waals surface area contributed by atoms with E-state index in [0.717, 1.165) is 11.3 Å². The van der Waals surface area contributed by atoms with Crippen molar-refractivity contribution in [3.63, 3.8) is 0 Å². The molecule has 0 aromatic heterocycles. The molecule has 1 aliphatic carbocycles. The number of allylic oxidation sites excluding steroid dienone is 2. The molecule has 1 atom stereocenters. The van der Waals surface area contributed by atoms with Gasteiger partial charge in [0.25, 0.3) is 0 Å². The predicted octanol–water partition coefficient (Wildman–Crippen LogP) is 4.31. The second-order valence-electron chi connectivity index (χ2n) is 7.45. The van der Waals surface area contributed by atoms with Gasteiger partial charge in [0.15, 0.2) is 5.78 Å². The van der Waals surface area contributed by atoms with E-state index in [4.69, 9.17) is 9.84 Å². The molecule has 1 aliphatic heterocycles. The molecule has 30 heavy (non-hydrogen) atoms. The van der Waals surface area contributed by atoms with Gasteiger partial charge in [-0.3, -0.25) is 14.5 Å². The number of Topliss-reactive ketones (excluding diaryl/α,β-unsaturated/α-hetero) is 1. The topological polar surface area (TPSA) is 83.9 Å². The number of anilines is 1. The highest BCUT2D eigenvalue weighted by Gasteiger charge is 2.40. The Bertz CT molecular complexity index is 1040. The molecule has 6 nitrogen and oxygen atoms in total. The second kappa shape index (κ2) is 8.14. The van der Waals surface area contributed by atoms with E-state index in [1.165, 1.54) is 12.1 Å². The molecule has 0 saturated heterocycles. The Morgan fingerprint density at radius 3 is 2.53 bits per heavy atom. The zero-order valence-electron chi connectivity index (χ0n) is 16.8. The average Bonchev–Trinajstić information content (AvgIpc) is 2.74. The van der Waals surface area contributed by atoms with Crippen molar-refractivity contribution < 1.29 is 24.2 Å². The molecule has 2 aromatic carbocycles. The number of ketones is 1. The molecule has 6 heteroatoms. The first-order valence-electron chi connectivity index (χ1n) is 10.2. The third-order valence-corrected chi connectivity index (χ3v) is 5.64. The van der Waals surface area contributed by atoms with Gasteiger partial charge >= 0.3 is 5.97 Å². The van der Waals surface area contributed by atoms with Gasteiger partial charge in [-0.25, -0.2) is 4.79 Å². The van der Waals surface area contributed by atoms with Gasteiger partial charge in [-0.2, -0.15) is 0 Å². The van der Waals surface area contributed by atoms with Gasteiger partial charge in [0.05, 0.1) is 12.2 Å². The minimum absolute atomic E-state index is 0.0622. The molecule has 4 rings (SSSR count). The molecule has 0 spiro atoms. The molecule has 1 unspecified atom stereocenters. The fourth-order valence-corrected chi connectivity index (χ4v) is 4.37. The minimum Gasteiger partial charge on any atom is -0.494 e. The van der Waals surface area contributed by atoms with Gasteiger partial charge in [-0.05, 0) is 50.1 Å².